The zero-order chi connectivity index (χ0) is 16.8. The van der Waals surface area contributed by atoms with Gasteiger partial charge in [0, 0.05) is 6.92 Å². The molecule has 0 bridgehead atoms. The Morgan fingerprint density at radius 2 is 1.70 bits per heavy atom. The van der Waals surface area contributed by atoms with E-state index < -0.39 is 6.10 Å². The van der Waals surface area contributed by atoms with Crippen LogP contribution >= 0.6 is 0 Å². The first kappa shape index (κ1) is 17.2. The molecular formula is C18H23NO4. The standard InChI is InChI=1S/C18H23NO4/c1-3-4-5-6-9-14(23-13(2)20)12-19-17(21)15-10-7-8-11-16(15)18(19)22/h7-8,10-11,14H,3-6,9,12H2,1-2H3/t14-/m1/s1. The number of esters is 1. The molecule has 0 aliphatic carbocycles. The fourth-order valence-electron chi connectivity index (χ4n) is 2.83. The lowest BCUT2D eigenvalue weighted by molar-refractivity contribution is -0.147. The third-order valence-corrected chi connectivity index (χ3v) is 3.98. The predicted octanol–water partition coefficient (Wildman–Crippen LogP) is 3.18. The van der Waals surface area contributed by atoms with Crippen LogP contribution < -0.4 is 0 Å². The van der Waals surface area contributed by atoms with Crippen LogP contribution in [0.1, 0.15) is 66.7 Å². The topological polar surface area (TPSA) is 63.7 Å². The van der Waals surface area contributed by atoms with Crippen molar-refractivity contribution >= 4 is 17.8 Å². The van der Waals surface area contributed by atoms with E-state index in [9.17, 15) is 14.4 Å². The Labute approximate surface area is 136 Å². The molecule has 0 saturated heterocycles. The Morgan fingerprint density at radius 3 is 2.22 bits per heavy atom. The van der Waals surface area contributed by atoms with Crippen molar-refractivity contribution in [2.24, 2.45) is 0 Å². The molecule has 0 N–H and O–H groups in total. The number of hydrogen-bond acceptors (Lipinski definition) is 4. The molecule has 0 fully saturated rings. The lowest BCUT2D eigenvalue weighted by Crippen LogP contribution is -2.38. The summed E-state index contributed by atoms with van der Waals surface area (Å²) in [4.78, 5) is 37.2. The molecule has 0 spiro atoms. The summed E-state index contributed by atoms with van der Waals surface area (Å²) in [7, 11) is 0. The number of rotatable bonds is 8. The Balaban J connectivity index is 2.03. The minimum atomic E-state index is -0.438. The monoisotopic (exact) mass is 317 g/mol. The fourth-order valence-corrected chi connectivity index (χ4v) is 2.83. The van der Waals surface area contributed by atoms with E-state index in [1.54, 1.807) is 24.3 Å². The van der Waals surface area contributed by atoms with Crippen LogP contribution in [-0.4, -0.2) is 35.3 Å². The zero-order valence-corrected chi connectivity index (χ0v) is 13.7. The van der Waals surface area contributed by atoms with Crippen molar-refractivity contribution in [3.8, 4) is 0 Å². The van der Waals surface area contributed by atoms with Crippen molar-refractivity contribution < 1.29 is 19.1 Å². The van der Waals surface area contributed by atoms with Crippen LogP contribution in [-0.2, 0) is 9.53 Å². The smallest absolute Gasteiger partial charge is 0.302 e. The molecule has 23 heavy (non-hydrogen) atoms. The van der Waals surface area contributed by atoms with Gasteiger partial charge in [0.25, 0.3) is 11.8 Å². The fraction of sp³-hybridized carbons (Fsp3) is 0.500. The average molecular weight is 317 g/mol. The Kier molecular flexibility index (Phi) is 5.90. The van der Waals surface area contributed by atoms with Gasteiger partial charge in [0.2, 0.25) is 0 Å². The van der Waals surface area contributed by atoms with Crippen LogP contribution in [0.15, 0.2) is 24.3 Å². The number of imide groups is 1. The zero-order valence-electron chi connectivity index (χ0n) is 13.7. The molecule has 1 aliphatic heterocycles. The molecule has 0 radical (unpaired) electrons. The van der Waals surface area contributed by atoms with Crippen molar-refractivity contribution in [1.82, 2.24) is 4.90 Å². The van der Waals surface area contributed by atoms with Crippen molar-refractivity contribution in [3.63, 3.8) is 0 Å². The van der Waals surface area contributed by atoms with Gasteiger partial charge in [-0.3, -0.25) is 19.3 Å². The van der Waals surface area contributed by atoms with E-state index in [1.807, 2.05) is 0 Å². The first-order valence-corrected chi connectivity index (χ1v) is 8.17. The second kappa shape index (κ2) is 7.90. The molecule has 1 heterocycles. The minimum absolute atomic E-state index is 0.123. The van der Waals surface area contributed by atoms with E-state index in [0.717, 1.165) is 25.7 Å². The van der Waals surface area contributed by atoms with E-state index in [4.69, 9.17) is 4.74 Å². The predicted molar refractivity (Wildman–Crippen MR) is 86.1 cm³/mol. The number of hydrogen-bond donors (Lipinski definition) is 0. The van der Waals surface area contributed by atoms with Crippen LogP contribution in [0.5, 0.6) is 0 Å². The number of unbranched alkanes of at least 4 members (excludes halogenated alkanes) is 3. The Bertz CT molecular complexity index is 561. The minimum Gasteiger partial charge on any atom is -0.461 e. The molecule has 124 valence electrons. The third kappa shape index (κ3) is 4.18. The van der Waals surface area contributed by atoms with E-state index >= 15 is 0 Å². The second-order valence-corrected chi connectivity index (χ2v) is 5.85. The lowest BCUT2D eigenvalue weighted by atomic mass is 10.1. The Hall–Kier alpha value is -2.17. The summed E-state index contributed by atoms with van der Waals surface area (Å²) < 4.78 is 5.30. The summed E-state index contributed by atoms with van der Waals surface area (Å²) in [6.45, 7) is 3.60. The normalized spacial score (nSPS) is 14.8. The highest BCUT2D eigenvalue weighted by molar-refractivity contribution is 6.21. The lowest BCUT2D eigenvalue weighted by Gasteiger charge is -2.22. The highest BCUT2D eigenvalue weighted by Crippen LogP contribution is 2.23. The van der Waals surface area contributed by atoms with Gasteiger partial charge in [-0.2, -0.15) is 0 Å². The number of amides is 2. The summed E-state index contributed by atoms with van der Waals surface area (Å²) in [5.74, 6) is -1.00. The molecule has 1 aliphatic rings. The van der Waals surface area contributed by atoms with Gasteiger partial charge in [-0.15, -0.1) is 0 Å². The molecule has 2 amide bonds. The van der Waals surface area contributed by atoms with Crippen LogP contribution in [0, 0.1) is 0 Å². The van der Waals surface area contributed by atoms with Gasteiger partial charge >= 0.3 is 5.97 Å². The molecular weight excluding hydrogens is 294 g/mol. The number of ether oxygens (including phenoxy) is 1. The van der Waals surface area contributed by atoms with Crippen molar-refractivity contribution in [2.75, 3.05) is 6.54 Å². The van der Waals surface area contributed by atoms with Crippen molar-refractivity contribution in [3.05, 3.63) is 35.4 Å². The van der Waals surface area contributed by atoms with E-state index in [2.05, 4.69) is 6.92 Å². The van der Waals surface area contributed by atoms with Gasteiger partial charge in [0.05, 0.1) is 17.7 Å². The highest BCUT2D eigenvalue weighted by Gasteiger charge is 2.36. The first-order valence-electron chi connectivity index (χ1n) is 8.17. The average Bonchev–Trinajstić information content (AvgIpc) is 2.76. The first-order chi connectivity index (χ1) is 11.0. The SMILES string of the molecule is CCCCCC[C@H](CN1C(=O)c2ccccc2C1=O)OC(C)=O. The third-order valence-electron chi connectivity index (χ3n) is 3.98. The van der Waals surface area contributed by atoms with Crippen molar-refractivity contribution in [1.29, 1.82) is 0 Å². The Morgan fingerprint density at radius 1 is 1.09 bits per heavy atom. The highest BCUT2D eigenvalue weighted by atomic mass is 16.5. The molecule has 0 unspecified atom stereocenters. The van der Waals surface area contributed by atoms with Crippen LogP contribution in [0.25, 0.3) is 0 Å². The molecule has 5 nitrogen and oxygen atoms in total. The number of carbonyl (C=O) groups is 3. The maximum absolute atomic E-state index is 12.4. The number of nitrogens with zero attached hydrogens (tertiary/aromatic N) is 1. The molecule has 5 heteroatoms. The second-order valence-electron chi connectivity index (χ2n) is 5.85. The summed E-state index contributed by atoms with van der Waals surface area (Å²) in [6, 6.07) is 6.78. The maximum atomic E-state index is 12.4. The van der Waals surface area contributed by atoms with Crippen LogP contribution in [0.3, 0.4) is 0 Å². The van der Waals surface area contributed by atoms with Crippen LogP contribution in [0.4, 0.5) is 0 Å². The van der Waals surface area contributed by atoms with Gasteiger partial charge in [0.1, 0.15) is 6.10 Å². The number of fused-ring (bicyclic) bond motifs is 1. The van der Waals surface area contributed by atoms with Gasteiger partial charge in [-0.05, 0) is 25.0 Å². The summed E-state index contributed by atoms with van der Waals surface area (Å²) >= 11 is 0. The van der Waals surface area contributed by atoms with E-state index in [0.29, 0.717) is 17.5 Å². The van der Waals surface area contributed by atoms with Gasteiger partial charge in [0.15, 0.2) is 0 Å². The van der Waals surface area contributed by atoms with E-state index in [-0.39, 0.29) is 24.3 Å². The van der Waals surface area contributed by atoms with Gasteiger partial charge in [-0.25, -0.2) is 0 Å². The number of benzene rings is 1. The molecule has 1 aromatic rings. The molecule has 1 aromatic carbocycles. The van der Waals surface area contributed by atoms with Gasteiger partial charge in [-0.1, -0.05) is 38.3 Å². The molecule has 0 aromatic heterocycles. The van der Waals surface area contributed by atoms with Crippen molar-refractivity contribution in [2.45, 2.75) is 52.1 Å². The van der Waals surface area contributed by atoms with Crippen LogP contribution in [0.2, 0.25) is 0 Å². The summed E-state index contributed by atoms with van der Waals surface area (Å²) in [6.07, 6.45) is 4.43. The molecule has 2 rings (SSSR count). The number of carbonyl (C=O) groups excluding carboxylic acids is 3. The van der Waals surface area contributed by atoms with E-state index in [1.165, 1.54) is 11.8 Å². The molecule has 0 saturated carbocycles. The van der Waals surface area contributed by atoms with Gasteiger partial charge < -0.3 is 4.74 Å². The summed E-state index contributed by atoms with van der Waals surface area (Å²) in [5, 5.41) is 0. The molecule has 1 atom stereocenters. The summed E-state index contributed by atoms with van der Waals surface area (Å²) in [5.41, 5.74) is 0.843. The quantitative estimate of drug-likeness (QED) is 0.420. The maximum Gasteiger partial charge on any atom is 0.302 e. The largest absolute Gasteiger partial charge is 0.461 e.